The average Bonchev–Trinajstić information content (AvgIpc) is 2.82. The molecule has 0 unspecified atom stereocenters. The van der Waals surface area contributed by atoms with Crippen LogP contribution in [-0.2, 0) is 27.2 Å². The van der Waals surface area contributed by atoms with Crippen molar-refractivity contribution in [2.75, 3.05) is 26.4 Å². The first kappa shape index (κ1) is 23.0. The zero-order chi connectivity index (χ0) is 18.8. The van der Waals surface area contributed by atoms with Crippen molar-refractivity contribution in [3.05, 3.63) is 0 Å². The summed E-state index contributed by atoms with van der Waals surface area (Å²) in [5, 5.41) is 0. The summed E-state index contributed by atoms with van der Waals surface area (Å²) < 4.78 is 48.5. The lowest BCUT2D eigenvalue weighted by Gasteiger charge is -2.29. The molecule has 1 aliphatic rings. The number of nitrogens with zero attached hydrogens (tertiary/aromatic N) is 1. The summed E-state index contributed by atoms with van der Waals surface area (Å²) in [5.74, 6) is 0. The first-order valence-corrected chi connectivity index (χ1v) is 12.5. The Morgan fingerprint density at radius 1 is 0.760 bits per heavy atom. The van der Waals surface area contributed by atoms with Crippen molar-refractivity contribution in [1.82, 2.24) is 0 Å². The lowest BCUT2D eigenvalue weighted by Crippen LogP contribution is -2.18. The Morgan fingerprint density at radius 3 is 1.44 bits per heavy atom. The second kappa shape index (κ2) is 11.6. The molecule has 0 aromatic heterocycles. The highest BCUT2D eigenvalue weighted by Crippen LogP contribution is 2.71. The third-order valence-electron chi connectivity index (χ3n) is 3.78. The zero-order valence-electron chi connectivity index (χ0n) is 15.9. The lowest BCUT2D eigenvalue weighted by molar-refractivity contribution is 0.196. The first-order valence-electron chi connectivity index (χ1n) is 9.28. The lowest BCUT2D eigenvalue weighted by atomic mass is 10.2. The molecule has 1 saturated carbocycles. The van der Waals surface area contributed by atoms with Crippen LogP contribution in [0.15, 0.2) is 4.99 Å². The van der Waals surface area contributed by atoms with Crippen molar-refractivity contribution >= 4 is 20.9 Å². The van der Waals surface area contributed by atoms with Crippen LogP contribution in [0, 0.1) is 0 Å². The van der Waals surface area contributed by atoms with Gasteiger partial charge in [0, 0.05) is 5.71 Å². The van der Waals surface area contributed by atoms with E-state index in [1.54, 1.807) is 27.7 Å². The van der Waals surface area contributed by atoms with Crippen molar-refractivity contribution in [3.63, 3.8) is 0 Å². The first-order chi connectivity index (χ1) is 12.0. The van der Waals surface area contributed by atoms with Gasteiger partial charge in [-0.1, -0.05) is 12.8 Å². The molecule has 9 heteroatoms. The van der Waals surface area contributed by atoms with E-state index in [9.17, 15) is 9.13 Å². The van der Waals surface area contributed by atoms with Crippen LogP contribution in [0.5, 0.6) is 0 Å². The van der Waals surface area contributed by atoms with Gasteiger partial charge in [0.25, 0.3) is 5.52 Å². The maximum atomic E-state index is 13.4. The fourth-order valence-electron chi connectivity index (χ4n) is 2.80. The second-order valence-electron chi connectivity index (χ2n) is 5.71. The minimum atomic E-state index is -3.79. The van der Waals surface area contributed by atoms with Crippen LogP contribution in [0.3, 0.4) is 0 Å². The highest BCUT2D eigenvalue weighted by Gasteiger charge is 2.51. The third-order valence-corrected chi connectivity index (χ3v) is 9.31. The molecule has 0 radical (unpaired) electrons. The molecule has 0 amide bonds. The van der Waals surface area contributed by atoms with E-state index in [-0.39, 0.29) is 26.4 Å². The summed E-state index contributed by atoms with van der Waals surface area (Å²) in [6.45, 7) is 7.52. The molecule has 25 heavy (non-hydrogen) atoms. The number of rotatable bonds is 11. The van der Waals surface area contributed by atoms with E-state index in [0.717, 1.165) is 44.2 Å². The largest absolute Gasteiger partial charge is 0.367 e. The fourth-order valence-corrected chi connectivity index (χ4v) is 7.72. The number of hydrogen-bond donors (Lipinski definition) is 0. The van der Waals surface area contributed by atoms with E-state index < -0.39 is 20.7 Å². The molecular weight excluding hydrogens is 364 g/mol. The van der Waals surface area contributed by atoms with Crippen molar-refractivity contribution < 1.29 is 27.2 Å². The van der Waals surface area contributed by atoms with E-state index in [2.05, 4.69) is 4.99 Å². The van der Waals surface area contributed by atoms with E-state index in [1.807, 2.05) is 0 Å². The molecular formula is C16H33NO6P2. The molecule has 0 aromatic rings. The summed E-state index contributed by atoms with van der Waals surface area (Å²) in [6, 6.07) is 0. The van der Waals surface area contributed by atoms with Gasteiger partial charge in [-0.05, 0) is 53.4 Å². The van der Waals surface area contributed by atoms with Crippen LogP contribution in [0.1, 0.15) is 66.2 Å². The molecule has 1 aliphatic carbocycles. The summed E-state index contributed by atoms with van der Waals surface area (Å²) >= 11 is 0. The van der Waals surface area contributed by atoms with E-state index >= 15 is 0 Å². The molecule has 0 bridgehead atoms. The van der Waals surface area contributed by atoms with E-state index in [1.165, 1.54) is 0 Å². The highest BCUT2D eigenvalue weighted by atomic mass is 31.2. The number of aliphatic imine (C=N–C) groups is 1. The van der Waals surface area contributed by atoms with Gasteiger partial charge in [-0.25, -0.2) is 0 Å². The normalized spacial score (nSPS) is 16.9. The maximum absolute atomic E-state index is 13.4. The average molecular weight is 397 g/mol. The Bertz CT molecular complexity index is 451. The summed E-state index contributed by atoms with van der Waals surface area (Å²) in [6.07, 6.45) is 5.93. The molecule has 1 rings (SSSR count). The van der Waals surface area contributed by atoms with Crippen molar-refractivity contribution in [3.8, 4) is 0 Å². The van der Waals surface area contributed by atoms with Crippen LogP contribution in [0.25, 0.3) is 0 Å². The monoisotopic (exact) mass is 397 g/mol. The van der Waals surface area contributed by atoms with Crippen LogP contribution < -0.4 is 0 Å². The number of hydrogen-bond acceptors (Lipinski definition) is 7. The van der Waals surface area contributed by atoms with Gasteiger partial charge in [-0.15, -0.1) is 0 Å². The molecule has 1 fully saturated rings. The molecule has 0 spiro atoms. The second-order valence-corrected chi connectivity index (χ2v) is 10.3. The molecule has 148 valence electrons. The molecule has 0 atom stereocenters. The van der Waals surface area contributed by atoms with Crippen LogP contribution in [-0.4, -0.2) is 37.7 Å². The molecule has 0 aliphatic heterocycles. The van der Waals surface area contributed by atoms with Gasteiger partial charge in [0.05, 0.1) is 26.4 Å². The van der Waals surface area contributed by atoms with Gasteiger partial charge >= 0.3 is 15.2 Å². The predicted octanol–water partition coefficient (Wildman–Crippen LogP) is 5.60. The minimum absolute atomic E-state index is 0.164. The van der Waals surface area contributed by atoms with Crippen LogP contribution >= 0.6 is 15.2 Å². The van der Waals surface area contributed by atoms with Crippen molar-refractivity contribution in [1.29, 1.82) is 0 Å². The van der Waals surface area contributed by atoms with E-state index in [4.69, 9.17) is 18.1 Å². The Morgan fingerprint density at radius 2 is 1.12 bits per heavy atom. The zero-order valence-corrected chi connectivity index (χ0v) is 17.7. The van der Waals surface area contributed by atoms with Gasteiger partial charge in [0.15, 0.2) is 0 Å². The Balaban J connectivity index is 3.34. The fraction of sp³-hybridized carbons (Fsp3) is 0.938. The molecule has 0 heterocycles. The molecule has 0 saturated heterocycles. The van der Waals surface area contributed by atoms with Crippen molar-refractivity contribution in [2.45, 2.75) is 71.7 Å². The predicted molar refractivity (Wildman–Crippen MR) is 101 cm³/mol. The summed E-state index contributed by atoms with van der Waals surface area (Å²) in [4.78, 5) is 4.60. The third kappa shape index (κ3) is 6.89. The molecule has 0 aromatic carbocycles. The summed E-state index contributed by atoms with van der Waals surface area (Å²) in [7, 11) is -7.58. The molecule has 0 N–H and O–H groups in total. The van der Waals surface area contributed by atoms with Gasteiger partial charge < -0.3 is 18.1 Å². The van der Waals surface area contributed by atoms with Gasteiger partial charge in [0.1, 0.15) is 0 Å². The Kier molecular flexibility index (Phi) is 10.7. The van der Waals surface area contributed by atoms with Crippen LogP contribution in [0.4, 0.5) is 0 Å². The maximum Gasteiger partial charge on any atom is 0.367 e. The van der Waals surface area contributed by atoms with Gasteiger partial charge in [-0.3, -0.25) is 14.1 Å². The van der Waals surface area contributed by atoms with Crippen molar-refractivity contribution in [2.24, 2.45) is 4.99 Å². The summed E-state index contributed by atoms with van der Waals surface area (Å²) in [5.41, 5.74) is -0.380. The van der Waals surface area contributed by atoms with Gasteiger partial charge in [-0.2, -0.15) is 0 Å². The van der Waals surface area contributed by atoms with Gasteiger partial charge in [0.2, 0.25) is 0 Å². The standard InChI is InChI=1S/C16H33NO6P2/c1-5-20-24(18,21-6-2)16(25(19,22-7-3)23-8-4)17-15-13-11-9-10-12-14-15/h16H,5-14H2,1-4H3. The smallest absolute Gasteiger partial charge is 0.307 e. The van der Waals surface area contributed by atoms with Crippen LogP contribution in [0.2, 0.25) is 0 Å². The SMILES string of the molecule is CCOP(=O)(OCC)C(N=C1CCCCCC1)P(=O)(OCC)OCC. The Labute approximate surface area is 151 Å². The quantitative estimate of drug-likeness (QED) is 0.333. The topological polar surface area (TPSA) is 83.4 Å². The minimum Gasteiger partial charge on any atom is -0.307 e. The van der Waals surface area contributed by atoms with E-state index in [0.29, 0.717) is 0 Å². The highest BCUT2D eigenvalue weighted by molar-refractivity contribution is 7.72. The molecule has 7 nitrogen and oxygen atoms in total. The Hall–Kier alpha value is -0.0300.